The van der Waals surface area contributed by atoms with Crippen LogP contribution in [0.2, 0.25) is 0 Å². The van der Waals surface area contributed by atoms with Crippen molar-refractivity contribution in [3.8, 4) is 0 Å². The zero-order valence-electron chi connectivity index (χ0n) is 11.0. The van der Waals surface area contributed by atoms with Gasteiger partial charge in [-0.25, -0.2) is 0 Å². The van der Waals surface area contributed by atoms with Crippen LogP contribution in [-0.4, -0.2) is 22.5 Å². The van der Waals surface area contributed by atoms with Gasteiger partial charge in [0.1, 0.15) is 0 Å². The summed E-state index contributed by atoms with van der Waals surface area (Å²) in [6, 6.07) is 0.632. The van der Waals surface area contributed by atoms with Crippen molar-refractivity contribution in [1.29, 1.82) is 0 Å². The summed E-state index contributed by atoms with van der Waals surface area (Å²) < 4.78 is 0. The van der Waals surface area contributed by atoms with E-state index >= 15 is 0 Å². The van der Waals surface area contributed by atoms with Gasteiger partial charge >= 0.3 is 0 Å². The Morgan fingerprint density at radius 3 is 2.88 bits per heavy atom. The van der Waals surface area contributed by atoms with Crippen molar-refractivity contribution in [3.63, 3.8) is 0 Å². The maximum absolute atomic E-state index is 11.9. The summed E-state index contributed by atoms with van der Waals surface area (Å²) in [5.74, 6) is 0. The fourth-order valence-corrected chi connectivity index (χ4v) is 2.56. The van der Waals surface area contributed by atoms with E-state index in [-0.39, 0.29) is 5.43 Å². The third-order valence-corrected chi connectivity index (χ3v) is 3.92. The molecule has 0 unspecified atom stereocenters. The minimum absolute atomic E-state index is 0.184. The molecule has 3 nitrogen and oxygen atoms in total. The fraction of sp³-hybridized carbons (Fsp3) is 0.643. The van der Waals surface area contributed by atoms with Gasteiger partial charge < -0.3 is 4.98 Å². The standard InChI is InChI=1S/C14H22N2O/c1-10-8-15-13(12(3)14(10)17)9-16-7-5-4-6-11(16)2/h8,11H,4-7,9H2,1-3H3,(H,15,17)/t11-/m0/s1. The number of aryl methyl sites for hydroxylation is 1. The highest BCUT2D eigenvalue weighted by Gasteiger charge is 2.19. The molecule has 0 spiro atoms. The summed E-state index contributed by atoms with van der Waals surface area (Å²) in [5.41, 5.74) is 2.94. The van der Waals surface area contributed by atoms with Crippen LogP contribution in [0.4, 0.5) is 0 Å². The van der Waals surface area contributed by atoms with Gasteiger partial charge in [0.25, 0.3) is 0 Å². The summed E-state index contributed by atoms with van der Waals surface area (Å²) in [6.45, 7) is 8.09. The second kappa shape index (κ2) is 5.05. The average molecular weight is 234 g/mol. The third-order valence-electron chi connectivity index (χ3n) is 3.92. The van der Waals surface area contributed by atoms with E-state index in [0.29, 0.717) is 6.04 Å². The number of likely N-dealkylation sites (tertiary alicyclic amines) is 1. The quantitative estimate of drug-likeness (QED) is 0.852. The van der Waals surface area contributed by atoms with Gasteiger partial charge in [0, 0.05) is 35.6 Å². The lowest BCUT2D eigenvalue weighted by atomic mass is 10.0. The van der Waals surface area contributed by atoms with Crippen LogP contribution in [0.25, 0.3) is 0 Å². The van der Waals surface area contributed by atoms with Crippen LogP contribution in [0.5, 0.6) is 0 Å². The van der Waals surface area contributed by atoms with Gasteiger partial charge in [-0.15, -0.1) is 0 Å². The van der Waals surface area contributed by atoms with E-state index in [1.165, 1.54) is 19.3 Å². The van der Waals surface area contributed by atoms with E-state index in [9.17, 15) is 4.79 Å². The lowest BCUT2D eigenvalue weighted by molar-refractivity contribution is 0.150. The van der Waals surface area contributed by atoms with Crippen molar-refractivity contribution < 1.29 is 0 Å². The van der Waals surface area contributed by atoms with Crippen LogP contribution in [0, 0.1) is 13.8 Å². The Morgan fingerprint density at radius 2 is 2.18 bits per heavy atom. The van der Waals surface area contributed by atoms with Crippen LogP contribution in [-0.2, 0) is 6.54 Å². The van der Waals surface area contributed by atoms with E-state index < -0.39 is 0 Å². The number of hydrogen-bond donors (Lipinski definition) is 1. The first-order chi connectivity index (χ1) is 8.09. The zero-order valence-corrected chi connectivity index (χ0v) is 11.0. The lowest BCUT2D eigenvalue weighted by Gasteiger charge is -2.33. The molecule has 2 rings (SSSR count). The largest absolute Gasteiger partial charge is 0.363 e. The summed E-state index contributed by atoms with van der Waals surface area (Å²) in [6.07, 6.45) is 5.72. The van der Waals surface area contributed by atoms with E-state index in [4.69, 9.17) is 0 Å². The molecule has 0 radical (unpaired) electrons. The van der Waals surface area contributed by atoms with Crippen LogP contribution >= 0.6 is 0 Å². The fourth-order valence-electron chi connectivity index (χ4n) is 2.56. The highest BCUT2D eigenvalue weighted by Crippen LogP contribution is 2.18. The summed E-state index contributed by atoms with van der Waals surface area (Å²) in [4.78, 5) is 17.6. The normalized spacial score (nSPS) is 21.7. The number of piperidine rings is 1. The van der Waals surface area contributed by atoms with Gasteiger partial charge in [-0.1, -0.05) is 6.42 Å². The molecular weight excluding hydrogens is 212 g/mol. The van der Waals surface area contributed by atoms with Gasteiger partial charge in [-0.3, -0.25) is 9.69 Å². The molecule has 1 aliphatic heterocycles. The first-order valence-corrected chi connectivity index (χ1v) is 6.51. The van der Waals surface area contributed by atoms with Gasteiger partial charge in [-0.05, 0) is 40.2 Å². The van der Waals surface area contributed by atoms with Crippen molar-refractivity contribution >= 4 is 0 Å². The van der Waals surface area contributed by atoms with Crippen molar-refractivity contribution in [2.75, 3.05) is 6.54 Å². The highest BCUT2D eigenvalue weighted by atomic mass is 16.1. The number of aromatic amines is 1. The molecule has 1 aromatic rings. The Labute approximate surface area is 103 Å². The summed E-state index contributed by atoms with van der Waals surface area (Å²) in [7, 11) is 0. The molecule has 1 aliphatic rings. The van der Waals surface area contributed by atoms with Gasteiger partial charge in [0.05, 0.1) is 0 Å². The van der Waals surface area contributed by atoms with Crippen molar-refractivity contribution in [2.24, 2.45) is 0 Å². The first-order valence-electron chi connectivity index (χ1n) is 6.51. The average Bonchev–Trinajstić information content (AvgIpc) is 2.32. The van der Waals surface area contributed by atoms with Crippen molar-refractivity contribution in [2.45, 2.75) is 52.6 Å². The molecule has 1 N–H and O–H groups in total. The molecule has 1 fully saturated rings. The summed E-state index contributed by atoms with van der Waals surface area (Å²) >= 11 is 0. The number of hydrogen-bond acceptors (Lipinski definition) is 2. The van der Waals surface area contributed by atoms with E-state index in [0.717, 1.165) is 29.9 Å². The zero-order chi connectivity index (χ0) is 12.4. The third kappa shape index (κ3) is 2.60. The second-order valence-electron chi connectivity index (χ2n) is 5.22. The van der Waals surface area contributed by atoms with Crippen molar-refractivity contribution in [3.05, 3.63) is 33.2 Å². The van der Waals surface area contributed by atoms with E-state index in [1.54, 1.807) is 0 Å². The molecular formula is C14H22N2O. The summed E-state index contributed by atoms with van der Waals surface area (Å²) in [5, 5.41) is 0. The SMILES string of the molecule is Cc1c[nH]c(CN2CCCC[C@@H]2C)c(C)c1=O. The molecule has 0 bridgehead atoms. The molecule has 1 aromatic heterocycles. The molecule has 17 heavy (non-hydrogen) atoms. The number of nitrogens with zero attached hydrogens (tertiary/aromatic N) is 1. The topological polar surface area (TPSA) is 36.1 Å². The smallest absolute Gasteiger partial charge is 0.187 e. The van der Waals surface area contributed by atoms with E-state index in [2.05, 4.69) is 16.8 Å². The Bertz CT molecular complexity index is 450. The molecule has 2 heterocycles. The highest BCUT2D eigenvalue weighted by molar-refractivity contribution is 5.23. The molecule has 1 atom stereocenters. The molecule has 3 heteroatoms. The predicted octanol–water partition coefficient (Wildman–Crippen LogP) is 2.37. The first kappa shape index (κ1) is 12.4. The Hall–Kier alpha value is -1.09. The number of aromatic nitrogens is 1. The minimum atomic E-state index is 0.184. The Kier molecular flexibility index (Phi) is 3.67. The molecule has 0 amide bonds. The second-order valence-corrected chi connectivity index (χ2v) is 5.22. The van der Waals surface area contributed by atoms with E-state index in [1.807, 2.05) is 20.0 Å². The van der Waals surface area contributed by atoms with Crippen LogP contribution in [0.3, 0.4) is 0 Å². The predicted molar refractivity (Wildman–Crippen MR) is 70.3 cm³/mol. The van der Waals surface area contributed by atoms with Crippen LogP contribution < -0.4 is 5.43 Å². The van der Waals surface area contributed by atoms with Gasteiger partial charge in [-0.2, -0.15) is 0 Å². The number of rotatable bonds is 2. The number of pyridine rings is 1. The molecule has 0 aliphatic carbocycles. The maximum atomic E-state index is 11.9. The van der Waals surface area contributed by atoms with Crippen LogP contribution in [0.1, 0.15) is 43.0 Å². The molecule has 1 saturated heterocycles. The molecule has 94 valence electrons. The molecule has 0 saturated carbocycles. The lowest BCUT2D eigenvalue weighted by Crippen LogP contribution is -2.37. The monoisotopic (exact) mass is 234 g/mol. The maximum Gasteiger partial charge on any atom is 0.187 e. The number of nitrogens with one attached hydrogen (secondary N) is 1. The number of H-pyrrole nitrogens is 1. The van der Waals surface area contributed by atoms with Gasteiger partial charge in [0.15, 0.2) is 5.43 Å². The Balaban J connectivity index is 2.18. The molecule has 0 aromatic carbocycles. The minimum Gasteiger partial charge on any atom is -0.363 e. The van der Waals surface area contributed by atoms with Crippen LogP contribution in [0.15, 0.2) is 11.0 Å². The van der Waals surface area contributed by atoms with Gasteiger partial charge in [0.2, 0.25) is 0 Å². The van der Waals surface area contributed by atoms with Crippen molar-refractivity contribution in [1.82, 2.24) is 9.88 Å². The Morgan fingerprint density at radius 1 is 1.41 bits per heavy atom.